The lowest BCUT2D eigenvalue weighted by Crippen LogP contribution is -2.30. The van der Waals surface area contributed by atoms with Crippen molar-refractivity contribution in [3.63, 3.8) is 0 Å². The summed E-state index contributed by atoms with van der Waals surface area (Å²) in [6.07, 6.45) is 9.19. The van der Waals surface area contributed by atoms with Gasteiger partial charge in [0.2, 0.25) is 0 Å². The molecule has 10 heteroatoms. The van der Waals surface area contributed by atoms with E-state index in [9.17, 15) is 0 Å². The fourth-order valence-corrected chi connectivity index (χ4v) is 2.92. The molecule has 80 valence electrons. The molecule has 0 aliphatic heterocycles. The Morgan fingerprint density at radius 2 is 1.12 bits per heavy atom. The van der Waals surface area contributed by atoms with Gasteiger partial charge in [0.1, 0.15) is 0 Å². The molecule has 0 aromatic heterocycles. The molecular weight excluding hydrogens is 192 g/mol. The molecular formula is C7H22B10. The number of hydrogen-bond acceptors (Lipinski definition) is 0. The summed E-state index contributed by atoms with van der Waals surface area (Å²) in [5.41, 5.74) is 0. The Hall–Kier alpha value is 0.389. The van der Waals surface area contributed by atoms with Gasteiger partial charge in [-0.2, -0.15) is 0 Å². The van der Waals surface area contributed by atoms with Gasteiger partial charge in [0, 0.05) is 56.5 Å². The molecule has 0 heterocycles. The van der Waals surface area contributed by atoms with Crippen LogP contribution < -0.4 is 0 Å². The average Bonchev–Trinajstić information content (AvgIpc) is 2.99. The van der Waals surface area contributed by atoms with Gasteiger partial charge in [-0.3, -0.25) is 0 Å². The van der Waals surface area contributed by atoms with Crippen molar-refractivity contribution in [2.45, 2.75) is 19.3 Å². The van der Waals surface area contributed by atoms with Gasteiger partial charge < -0.3 is 0 Å². The van der Waals surface area contributed by atoms with Gasteiger partial charge in [-0.25, -0.2) is 0 Å². The average molecular weight is 214 g/mol. The molecule has 0 nitrogen and oxygen atoms in total. The van der Waals surface area contributed by atoms with E-state index in [-0.39, 0.29) is 0 Å². The second-order valence-electron chi connectivity index (χ2n) is 5.84. The van der Waals surface area contributed by atoms with E-state index in [0.29, 0.717) is 0 Å². The van der Waals surface area contributed by atoms with Crippen LogP contribution in [0, 0.1) is 11.8 Å². The SMILES string of the molecule is BBBBBBBBBB.C1=CC2CCC1C2. The van der Waals surface area contributed by atoms with Crippen LogP contribution in [0.1, 0.15) is 19.3 Å². The maximum absolute atomic E-state index is 2.38. The van der Waals surface area contributed by atoms with Crippen LogP contribution in [0.4, 0.5) is 0 Å². The fraction of sp³-hybridized carbons (Fsp3) is 0.714. The topological polar surface area (TPSA) is 0 Å². The Balaban J connectivity index is 0.000000177. The third-order valence-corrected chi connectivity index (χ3v) is 4.13. The molecule has 2 aliphatic rings. The Morgan fingerprint density at radius 1 is 0.706 bits per heavy atom. The highest BCUT2D eigenvalue weighted by atomic mass is 14.3. The predicted molar refractivity (Wildman–Crippen MR) is 104 cm³/mol. The van der Waals surface area contributed by atoms with Gasteiger partial charge in [-0.1, -0.05) is 12.2 Å². The molecule has 0 spiro atoms. The van der Waals surface area contributed by atoms with Crippen molar-refractivity contribution >= 4 is 72.0 Å². The first-order valence-corrected chi connectivity index (χ1v) is 8.05. The first kappa shape index (κ1) is 15.4. The summed E-state index contributed by atoms with van der Waals surface area (Å²) in [4.78, 5) is 0. The van der Waals surface area contributed by atoms with Crippen LogP contribution in [0.3, 0.4) is 0 Å². The van der Waals surface area contributed by atoms with E-state index in [1.165, 1.54) is 75.8 Å². The lowest BCUT2D eigenvalue weighted by molar-refractivity contribution is 0.691. The number of rotatable bonds is 7. The Bertz CT molecular complexity index is 189. The van der Waals surface area contributed by atoms with Crippen LogP contribution in [0.2, 0.25) is 0 Å². The zero-order valence-electron chi connectivity index (χ0n) is 12.1. The molecule has 0 aromatic carbocycles. The summed E-state index contributed by atoms with van der Waals surface area (Å²) < 4.78 is 0. The highest BCUT2D eigenvalue weighted by Gasteiger charge is 2.25. The van der Waals surface area contributed by atoms with Gasteiger partial charge in [-0.15, -0.1) is 0 Å². The molecule has 0 aromatic rings. The normalized spacial score (nSPS) is 22.8. The molecule has 2 unspecified atom stereocenters. The second kappa shape index (κ2) is 10.3. The molecule has 1 fully saturated rings. The van der Waals surface area contributed by atoms with Crippen molar-refractivity contribution in [1.82, 2.24) is 0 Å². The van der Waals surface area contributed by atoms with Gasteiger partial charge >= 0.3 is 0 Å². The molecule has 0 N–H and O–H groups in total. The number of hydrogen-bond donors (Lipinski definition) is 0. The first-order chi connectivity index (χ1) is 8.36. The van der Waals surface area contributed by atoms with E-state index in [1.807, 2.05) is 0 Å². The van der Waals surface area contributed by atoms with Crippen molar-refractivity contribution in [2.75, 3.05) is 0 Å². The largest absolute Gasteiger partial charge is 0.0851 e. The van der Waals surface area contributed by atoms with Gasteiger partial charge in [0.15, 0.2) is 0 Å². The van der Waals surface area contributed by atoms with Crippen molar-refractivity contribution in [3.05, 3.63) is 12.2 Å². The summed E-state index contributed by atoms with van der Waals surface area (Å²) >= 11 is 0. The summed E-state index contributed by atoms with van der Waals surface area (Å²) in [7, 11) is 16.0. The van der Waals surface area contributed by atoms with E-state index in [4.69, 9.17) is 0 Å². The van der Waals surface area contributed by atoms with E-state index in [2.05, 4.69) is 27.6 Å². The van der Waals surface area contributed by atoms with Crippen LogP contribution in [-0.4, -0.2) is 72.0 Å². The quantitative estimate of drug-likeness (QED) is 0.226. The van der Waals surface area contributed by atoms with Crippen LogP contribution in [0.5, 0.6) is 0 Å². The highest BCUT2D eigenvalue weighted by Crippen LogP contribution is 2.38. The lowest BCUT2D eigenvalue weighted by Gasteiger charge is -1.96. The van der Waals surface area contributed by atoms with Crippen LogP contribution in [0.15, 0.2) is 12.2 Å². The fourth-order valence-electron chi connectivity index (χ4n) is 2.92. The molecule has 2 bridgehead atoms. The summed E-state index contributed by atoms with van der Waals surface area (Å²) in [5, 5.41) is 0. The van der Waals surface area contributed by atoms with Gasteiger partial charge in [0.25, 0.3) is 0 Å². The zero-order valence-corrected chi connectivity index (χ0v) is 12.1. The van der Waals surface area contributed by atoms with Crippen molar-refractivity contribution in [1.29, 1.82) is 0 Å². The van der Waals surface area contributed by atoms with E-state index in [1.54, 1.807) is 0 Å². The van der Waals surface area contributed by atoms with E-state index >= 15 is 0 Å². The van der Waals surface area contributed by atoms with Crippen molar-refractivity contribution in [3.8, 4) is 0 Å². The lowest BCUT2D eigenvalue weighted by atomic mass is 8.89. The summed E-state index contributed by atoms with van der Waals surface area (Å²) in [6, 6.07) is 0. The number of fused-ring (bicyclic) bond motifs is 2. The summed E-state index contributed by atoms with van der Waals surface area (Å²) in [5.74, 6) is 1.98. The Labute approximate surface area is 115 Å². The van der Waals surface area contributed by atoms with Crippen LogP contribution in [-0.2, 0) is 0 Å². The third kappa shape index (κ3) is 7.42. The van der Waals surface area contributed by atoms with E-state index in [0.717, 1.165) is 11.8 Å². The summed E-state index contributed by atoms with van der Waals surface area (Å²) in [6.45, 7) is 0. The zero-order chi connectivity index (χ0) is 12.3. The van der Waals surface area contributed by atoms with Gasteiger partial charge in [0.05, 0.1) is 15.5 Å². The molecule has 1 saturated carbocycles. The van der Waals surface area contributed by atoms with E-state index < -0.39 is 0 Å². The monoisotopic (exact) mass is 216 g/mol. The minimum atomic E-state index is 0.991. The maximum Gasteiger partial charge on any atom is 0.0597 e. The van der Waals surface area contributed by atoms with Gasteiger partial charge in [-0.05, 0) is 31.1 Å². The minimum absolute atomic E-state index is 0.991. The van der Waals surface area contributed by atoms with Crippen molar-refractivity contribution in [2.24, 2.45) is 11.8 Å². The second-order valence-corrected chi connectivity index (χ2v) is 5.84. The smallest absolute Gasteiger partial charge is 0.0597 e. The molecule has 17 heavy (non-hydrogen) atoms. The standard InChI is InChI=1S/C7H10.B10H12/c1-2-7-4-3-6(1)5-7;1-3-5-7-9-10-8-6-4-2/h1-2,6-7H,3-5H2;3-10H,1-2H2. The molecule has 0 saturated heterocycles. The maximum atomic E-state index is 2.38. The molecule has 0 amide bonds. The highest BCUT2D eigenvalue weighted by molar-refractivity contribution is 7.68. The number of allylic oxidation sites excluding steroid dienone is 2. The molecule has 2 atom stereocenters. The molecule has 0 radical (unpaired) electrons. The minimum Gasteiger partial charge on any atom is -0.0851 e. The first-order valence-electron chi connectivity index (χ1n) is 8.05. The van der Waals surface area contributed by atoms with Crippen molar-refractivity contribution < 1.29 is 0 Å². The predicted octanol–water partition coefficient (Wildman–Crippen LogP) is -5.05. The Kier molecular flexibility index (Phi) is 9.38. The van der Waals surface area contributed by atoms with Crippen LogP contribution >= 0.6 is 0 Å². The van der Waals surface area contributed by atoms with Crippen LogP contribution in [0.25, 0.3) is 0 Å². The third-order valence-electron chi connectivity index (χ3n) is 4.13. The molecule has 2 aliphatic carbocycles. The molecule has 2 rings (SSSR count). The Morgan fingerprint density at radius 3 is 1.35 bits per heavy atom.